The highest BCUT2D eigenvalue weighted by Crippen LogP contribution is 2.39. The minimum absolute atomic E-state index is 0.134. The van der Waals surface area contributed by atoms with E-state index in [-0.39, 0.29) is 24.2 Å². The Labute approximate surface area is 162 Å². The first-order chi connectivity index (χ1) is 13.6. The fourth-order valence-electron chi connectivity index (χ4n) is 4.08. The molecule has 2 heterocycles. The second kappa shape index (κ2) is 7.53. The van der Waals surface area contributed by atoms with Crippen LogP contribution >= 0.6 is 0 Å². The van der Waals surface area contributed by atoms with E-state index in [1.807, 2.05) is 36.1 Å². The quantitative estimate of drug-likeness (QED) is 0.752. The largest absolute Gasteiger partial charge is 0.352 e. The number of hydrogen-bond acceptors (Lipinski definition) is 5. The molecule has 4 rings (SSSR count). The SMILES string of the molecule is CCN1c2ccccc2Nc2c1[nH]c(=O)n(CC(=O)NC1CCCCC1)c2=O. The fraction of sp³-hybridized carbons (Fsp3) is 0.450. The van der Waals surface area contributed by atoms with Crippen LogP contribution in [0.1, 0.15) is 39.0 Å². The van der Waals surface area contributed by atoms with Crippen molar-refractivity contribution in [1.82, 2.24) is 14.9 Å². The van der Waals surface area contributed by atoms with E-state index in [2.05, 4.69) is 15.6 Å². The van der Waals surface area contributed by atoms with Gasteiger partial charge in [-0.2, -0.15) is 0 Å². The molecule has 1 amide bonds. The molecular weight excluding hydrogens is 358 g/mol. The van der Waals surface area contributed by atoms with Crippen molar-refractivity contribution in [3.63, 3.8) is 0 Å². The topological polar surface area (TPSA) is 99.2 Å². The van der Waals surface area contributed by atoms with Crippen molar-refractivity contribution in [3.8, 4) is 0 Å². The number of aromatic nitrogens is 2. The Balaban J connectivity index is 1.64. The van der Waals surface area contributed by atoms with Gasteiger partial charge >= 0.3 is 5.69 Å². The Kier molecular flexibility index (Phi) is 4.93. The summed E-state index contributed by atoms with van der Waals surface area (Å²) in [5.41, 5.74) is 0.887. The maximum atomic E-state index is 13.0. The highest BCUT2D eigenvalue weighted by Gasteiger charge is 2.27. The Morgan fingerprint density at radius 1 is 1.18 bits per heavy atom. The Bertz CT molecular complexity index is 1000. The van der Waals surface area contributed by atoms with Gasteiger partial charge in [-0.3, -0.25) is 14.6 Å². The standard InChI is InChI=1S/C20H25N5O3/c1-2-24-15-11-7-6-10-14(15)22-17-18(24)23-20(28)25(19(17)27)12-16(26)21-13-8-4-3-5-9-13/h6-7,10-11,13,22H,2-5,8-9,12H2,1H3,(H,21,26)(H,23,28). The molecule has 28 heavy (non-hydrogen) atoms. The third-order valence-electron chi connectivity index (χ3n) is 5.48. The van der Waals surface area contributed by atoms with Crippen LogP contribution in [-0.4, -0.2) is 28.0 Å². The molecule has 0 saturated heterocycles. The molecular formula is C20H25N5O3. The number of H-pyrrole nitrogens is 1. The van der Waals surface area contributed by atoms with Gasteiger partial charge in [-0.1, -0.05) is 31.4 Å². The molecule has 0 unspecified atom stereocenters. The van der Waals surface area contributed by atoms with Crippen LogP contribution in [0.3, 0.4) is 0 Å². The third-order valence-corrected chi connectivity index (χ3v) is 5.48. The molecule has 8 nitrogen and oxygen atoms in total. The van der Waals surface area contributed by atoms with Gasteiger partial charge in [0.15, 0.2) is 0 Å². The smallest absolute Gasteiger partial charge is 0.330 e. The predicted molar refractivity (Wildman–Crippen MR) is 109 cm³/mol. The summed E-state index contributed by atoms with van der Waals surface area (Å²) in [5.74, 6) is 0.128. The molecule has 0 spiro atoms. The number of anilines is 4. The number of para-hydroxylation sites is 2. The first-order valence-corrected chi connectivity index (χ1v) is 9.88. The Morgan fingerprint density at radius 2 is 1.93 bits per heavy atom. The first kappa shape index (κ1) is 18.3. The van der Waals surface area contributed by atoms with Gasteiger partial charge in [0.25, 0.3) is 5.56 Å². The van der Waals surface area contributed by atoms with E-state index in [4.69, 9.17) is 0 Å². The first-order valence-electron chi connectivity index (χ1n) is 9.88. The van der Waals surface area contributed by atoms with E-state index >= 15 is 0 Å². The summed E-state index contributed by atoms with van der Waals surface area (Å²) in [6, 6.07) is 7.73. The van der Waals surface area contributed by atoms with Crippen molar-refractivity contribution >= 4 is 28.8 Å². The summed E-state index contributed by atoms with van der Waals surface area (Å²) in [7, 11) is 0. The molecule has 2 aromatic rings. The zero-order chi connectivity index (χ0) is 19.7. The molecule has 1 fully saturated rings. The second-order valence-electron chi connectivity index (χ2n) is 7.33. The van der Waals surface area contributed by atoms with E-state index < -0.39 is 11.2 Å². The third kappa shape index (κ3) is 3.30. The summed E-state index contributed by atoms with van der Waals surface area (Å²) in [4.78, 5) is 42.7. The van der Waals surface area contributed by atoms with Crippen LogP contribution in [0.4, 0.5) is 22.9 Å². The van der Waals surface area contributed by atoms with Gasteiger partial charge < -0.3 is 15.5 Å². The van der Waals surface area contributed by atoms with Crippen molar-refractivity contribution < 1.29 is 4.79 Å². The van der Waals surface area contributed by atoms with Crippen molar-refractivity contribution in [2.45, 2.75) is 51.6 Å². The van der Waals surface area contributed by atoms with Gasteiger partial charge in [0.2, 0.25) is 5.91 Å². The van der Waals surface area contributed by atoms with Gasteiger partial charge in [-0.25, -0.2) is 9.36 Å². The van der Waals surface area contributed by atoms with Crippen LogP contribution in [0.5, 0.6) is 0 Å². The van der Waals surface area contributed by atoms with Gasteiger partial charge in [0.05, 0.1) is 11.4 Å². The average molecular weight is 383 g/mol. The van der Waals surface area contributed by atoms with Crippen LogP contribution in [-0.2, 0) is 11.3 Å². The van der Waals surface area contributed by atoms with E-state index in [9.17, 15) is 14.4 Å². The molecule has 0 bridgehead atoms. The normalized spacial score (nSPS) is 16.1. The number of carbonyl (C=O) groups excluding carboxylic acids is 1. The number of amides is 1. The number of rotatable bonds is 4. The van der Waals surface area contributed by atoms with E-state index in [1.165, 1.54) is 6.42 Å². The lowest BCUT2D eigenvalue weighted by molar-refractivity contribution is -0.122. The molecule has 0 radical (unpaired) electrons. The highest BCUT2D eigenvalue weighted by atomic mass is 16.2. The second-order valence-corrected chi connectivity index (χ2v) is 7.33. The number of hydrogen-bond donors (Lipinski definition) is 3. The highest BCUT2D eigenvalue weighted by molar-refractivity contribution is 5.89. The Hall–Kier alpha value is -3.03. The zero-order valence-corrected chi connectivity index (χ0v) is 16.0. The van der Waals surface area contributed by atoms with Crippen LogP contribution in [0.2, 0.25) is 0 Å². The molecule has 8 heteroatoms. The van der Waals surface area contributed by atoms with Crippen molar-refractivity contribution in [2.24, 2.45) is 0 Å². The van der Waals surface area contributed by atoms with Gasteiger partial charge in [0.1, 0.15) is 18.1 Å². The van der Waals surface area contributed by atoms with Crippen molar-refractivity contribution in [2.75, 3.05) is 16.8 Å². The molecule has 1 aliphatic heterocycles. The zero-order valence-electron chi connectivity index (χ0n) is 16.0. The Morgan fingerprint density at radius 3 is 2.68 bits per heavy atom. The number of nitrogens with zero attached hydrogens (tertiary/aromatic N) is 2. The minimum atomic E-state index is -0.581. The van der Waals surface area contributed by atoms with E-state index in [1.54, 1.807) is 0 Å². The summed E-state index contributed by atoms with van der Waals surface area (Å²) in [5, 5.41) is 6.07. The molecule has 0 atom stereocenters. The van der Waals surface area contributed by atoms with Crippen LogP contribution < -0.4 is 26.8 Å². The summed E-state index contributed by atoms with van der Waals surface area (Å²) in [6.45, 7) is 2.26. The number of carbonyl (C=O) groups is 1. The van der Waals surface area contributed by atoms with E-state index in [0.717, 1.165) is 41.6 Å². The molecule has 1 saturated carbocycles. The number of benzene rings is 1. The summed E-state index contributed by atoms with van der Waals surface area (Å²) in [6.07, 6.45) is 5.29. The maximum Gasteiger partial charge on any atom is 0.330 e. The fourth-order valence-corrected chi connectivity index (χ4v) is 4.08. The van der Waals surface area contributed by atoms with Crippen molar-refractivity contribution in [1.29, 1.82) is 0 Å². The van der Waals surface area contributed by atoms with Crippen LogP contribution in [0.25, 0.3) is 0 Å². The average Bonchev–Trinajstić information content (AvgIpc) is 2.70. The lowest BCUT2D eigenvalue weighted by Gasteiger charge is -2.32. The molecule has 1 aromatic heterocycles. The van der Waals surface area contributed by atoms with Gasteiger partial charge in [-0.05, 0) is 31.9 Å². The lowest BCUT2D eigenvalue weighted by Crippen LogP contribution is -2.45. The minimum Gasteiger partial charge on any atom is -0.352 e. The molecule has 1 aromatic carbocycles. The van der Waals surface area contributed by atoms with Crippen LogP contribution in [0.15, 0.2) is 33.9 Å². The summed E-state index contributed by atoms with van der Waals surface area (Å²) < 4.78 is 0.964. The number of nitrogens with one attached hydrogen (secondary N) is 3. The molecule has 148 valence electrons. The monoisotopic (exact) mass is 383 g/mol. The van der Waals surface area contributed by atoms with Crippen LogP contribution in [0, 0.1) is 0 Å². The van der Waals surface area contributed by atoms with E-state index in [0.29, 0.717) is 12.4 Å². The lowest BCUT2D eigenvalue weighted by atomic mass is 9.95. The predicted octanol–water partition coefficient (Wildman–Crippen LogP) is 2.20. The van der Waals surface area contributed by atoms with Gasteiger partial charge in [0, 0.05) is 12.6 Å². The maximum absolute atomic E-state index is 13.0. The van der Waals surface area contributed by atoms with Crippen molar-refractivity contribution in [3.05, 3.63) is 45.1 Å². The summed E-state index contributed by atoms with van der Waals surface area (Å²) >= 11 is 0. The molecule has 2 aliphatic rings. The van der Waals surface area contributed by atoms with Gasteiger partial charge in [-0.15, -0.1) is 0 Å². The molecule has 3 N–H and O–H groups in total. The number of fused-ring (bicyclic) bond motifs is 2. The molecule has 1 aliphatic carbocycles. The number of aromatic amines is 1.